The van der Waals surface area contributed by atoms with Crippen molar-refractivity contribution in [2.45, 2.75) is 50.5 Å². The van der Waals surface area contributed by atoms with Crippen LogP contribution in [0.2, 0.25) is 5.02 Å². The van der Waals surface area contributed by atoms with Crippen LogP contribution < -0.4 is 0 Å². The van der Waals surface area contributed by atoms with E-state index in [-0.39, 0.29) is 0 Å². The maximum Gasteiger partial charge on any atom is 0.331 e. The van der Waals surface area contributed by atoms with Crippen LogP contribution in [0.25, 0.3) is 0 Å². The van der Waals surface area contributed by atoms with Crippen LogP contribution in [0, 0.1) is 5.41 Å². The van der Waals surface area contributed by atoms with Crippen LogP contribution in [0.4, 0.5) is 0 Å². The van der Waals surface area contributed by atoms with Gasteiger partial charge in [0.15, 0.2) is 5.54 Å². The van der Waals surface area contributed by atoms with E-state index < -0.39 is 11.5 Å². The van der Waals surface area contributed by atoms with Gasteiger partial charge in [-0.05, 0) is 50.4 Å². The summed E-state index contributed by atoms with van der Waals surface area (Å²) in [6.45, 7) is 0. The third-order valence-electron chi connectivity index (χ3n) is 4.71. The molecule has 2 aliphatic carbocycles. The standard InChI is InChI=1S/C13H17ClN2O2/c14-10-8-15-16(9-10)13(11(17)18)3-1-2-12(4-5-12)6-7-13/h8-9H,1-7H2,(H,17,18). The lowest BCUT2D eigenvalue weighted by Gasteiger charge is -2.28. The number of aromatic nitrogens is 2. The van der Waals surface area contributed by atoms with E-state index in [0.29, 0.717) is 23.3 Å². The van der Waals surface area contributed by atoms with Crippen LogP contribution in [0.1, 0.15) is 44.9 Å². The summed E-state index contributed by atoms with van der Waals surface area (Å²) in [5, 5.41) is 14.3. The van der Waals surface area contributed by atoms with Crippen molar-refractivity contribution >= 4 is 17.6 Å². The Balaban J connectivity index is 1.93. The highest BCUT2D eigenvalue weighted by atomic mass is 35.5. The minimum absolute atomic E-state index is 0.453. The zero-order valence-electron chi connectivity index (χ0n) is 10.2. The third-order valence-corrected chi connectivity index (χ3v) is 4.91. The van der Waals surface area contributed by atoms with Crippen LogP contribution in [0.5, 0.6) is 0 Å². The number of hydrogen-bond donors (Lipinski definition) is 1. The Hall–Kier alpha value is -1.03. The van der Waals surface area contributed by atoms with Crippen LogP contribution in [0.3, 0.4) is 0 Å². The molecule has 4 nitrogen and oxygen atoms in total. The van der Waals surface area contributed by atoms with Crippen molar-refractivity contribution in [2.75, 3.05) is 0 Å². The van der Waals surface area contributed by atoms with Gasteiger partial charge in [0, 0.05) is 6.20 Å². The van der Waals surface area contributed by atoms with E-state index in [4.69, 9.17) is 11.6 Å². The molecular weight excluding hydrogens is 252 g/mol. The fourth-order valence-corrected chi connectivity index (χ4v) is 3.37. The monoisotopic (exact) mass is 268 g/mol. The average Bonchev–Trinajstić information content (AvgIpc) is 3.02. The molecule has 1 heterocycles. The molecule has 1 aromatic rings. The predicted molar refractivity (Wildman–Crippen MR) is 67.6 cm³/mol. The molecule has 0 radical (unpaired) electrons. The molecule has 2 aliphatic rings. The van der Waals surface area contributed by atoms with Gasteiger partial charge in [0.05, 0.1) is 11.2 Å². The number of rotatable bonds is 2. The number of nitrogens with zero attached hydrogens (tertiary/aromatic N) is 2. The molecule has 0 saturated heterocycles. The molecule has 1 spiro atoms. The molecule has 5 heteroatoms. The Bertz CT molecular complexity index is 481. The number of aliphatic carboxylic acids is 1. The van der Waals surface area contributed by atoms with Gasteiger partial charge in [0.1, 0.15) is 0 Å². The van der Waals surface area contributed by atoms with E-state index in [1.807, 2.05) is 0 Å². The average molecular weight is 269 g/mol. The fraction of sp³-hybridized carbons (Fsp3) is 0.692. The second-order valence-electron chi connectivity index (χ2n) is 5.79. The first-order valence-electron chi connectivity index (χ1n) is 6.51. The second-order valence-corrected chi connectivity index (χ2v) is 6.23. The van der Waals surface area contributed by atoms with E-state index in [2.05, 4.69) is 5.10 Å². The lowest BCUT2D eigenvalue weighted by atomic mass is 9.89. The largest absolute Gasteiger partial charge is 0.479 e. The van der Waals surface area contributed by atoms with Gasteiger partial charge in [-0.2, -0.15) is 5.10 Å². The highest BCUT2D eigenvalue weighted by molar-refractivity contribution is 6.30. The molecule has 1 N–H and O–H groups in total. The van der Waals surface area contributed by atoms with Gasteiger partial charge in [-0.15, -0.1) is 0 Å². The first-order chi connectivity index (χ1) is 8.56. The van der Waals surface area contributed by atoms with Gasteiger partial charge in [0.25, 0.3) is 0 Å². The van der Waals surface area contributed by atoms with Crippen LogP contribution in [0.15, 0.2) is 12.4 Å². The van der Waals surface area contributed by atoms with Crippen molar-refractivity contribution < 1.29 is 9.90 Å². The van der Waals surface area contributed by atoms with Gasteiger partial charge in [-0.1, -0.05) is 11.6 Å². The summed E-state index contributed by atoms with van der Waals surface area (Å²) in [5.74, 6) is -0.778. The van der Waals surface area contributed by atoms with E-state index >= 15 is 0 Å². The SMILES string of the molecule is O=C(O)C1(n2cc(Cl)cn2)CCCC2(CC2)CC1. The zero-order chi connectivity index (χ0) is 12.8. The summed E-state index contributed by atoms with van der Waals surface area (Å²) in [5.41, 5.74) is -0.437. The predicted octanol–water partition coefficient (Wildman–Crippen LogP) is 3.06. The quantitative estimate of drug-likeness (QED) is 0.897. The third kappa shape index (κ3) is 1.83. The molecule has 0 amide bonds. The van der Waals surface area contributed by atoms with Gasteiger partial charge >= 0.3 is 5.97 Å². The molecule has 1 aromatic heterocycles. The van der Waals surface area contributed by atoms with Gasteiger partial charge in [-0.25, -0.2) is 4.79 Å². The molecule has 0 bridgehead atoms. The Labute approximate surface area is 111 Å². The van der Waals surface area contributed by atoms with Crippen molar-refractivity contribution in [3.63, 3.8) is 0 Å². The summed E-state index contributed by atoms with van der Waals surface area (Å²) in [4.78, 5) is 11.8. The van der Waals surface area contributed by atoms with Crippen molar-refractivity contribution in [1.29, 1.82) is 0 Å². The summed E-state index contributed by atoms with van der Waals surface area (Å²) in [6, 6.07) is 0. The second kappa shape index (κ2) is 3.98. The molecule has 3 rings (SSSR count). The normalized spacial score (nSPS) is 30.1. The number of hydrogen-bond acceptors (Lipinski definition) is 2. The minimum Gasteiger partial charge on any atom is -0.479 e. The van der Waals surface area contributed by atoms with Crippen molar-refractivity contribution in [1.82, 2.24) is 9.78 Å². The Morgan fingerprint density at radius 1 is 1.28 bits per heavy atom. The molecule has 2 saturated carbocycles. The van der Waals surface area contributed by atoms with E-state index in [9.17, 15) is 9.90 Å². The van der Waals surface area contributed by atoms with Gasteiger partial charge in [0.2, 0.25) is 0 Å². The number of carboxylic acids is 1. The molecule has 0 aliphatic heterocycles. The van der Waals surface area contributed by atoms with Crippen molar-refractivity contribution in [3.8, 4) is 0 Å². The molecule has 18 heavy (non-hydrogen) atoms. The Morgan fingerprint density at radius 3 is 2.56 bits per heavy atom. The minimum atomic E-state index is -0.890. The Kier molecular flexibility index (Phi) is 2.66. The number of carbonyl (C=O) groups is 1. The van der Waals surface area contributed by atoms with Gasteiger partial charge < -0.3 is 5.11 Å². The lowest BCUT2D eigenvalue weighted by Crippen LogP contribution is -2.42. The van der Waals surface area contributed by atoms with E-state index in [0.717, 1.165) is 19.3 Å². The topological polar surface area (TPSA) is 55.1 Å². The van der Waals surface area contributed by atoms with Crippen LogP contribution in [-0.4, -0.2) is 20.9 Å². The highest BCUT2D eigenvalue weighted by Gasteiger charge is 2.50. The maximum atomic E-state index is 11.8. The van der Waals surface area contributed by atoms with Crippen molar-refractivity contribution in [2.24, 2.45) is 5.41 Å². The number of halogens is 1. The van der Waals surface area contributed by atoms with Crippen molar-refractivity contribution in [3.05, 3.63) is 17.4 Å². The fourth-order valence-electron chi connectivity index (χ4n) is 3.23. The lowest BCUT2D eigenvalue weighted by molar-refractivity contribution is -0.149. The summed E-state index contributed by atoms with van der Waals surface area (Å²) in [6.07, 6.45) is 10.1. The maximum absolute atomic E-state index is 11.8. The molecule has 0 aromatic carbocycles. The molecule has 2 fully saturated rings. The van der Waals surface area contributed by atoms with E-state index in [1.165, 1.54) is 19.0 Å². The molecule has 98 valence electrons. The van der Waals surface area contributed by atoms with E-state index in [1.54, 1.807) is 10.9 Å². The number of carboxylic acid groups (broad SMARTS) is 1. The Morgan fingerprint density at radius 2 is 2.00 bits per heavy atom. The van der Waals surface area contributed by atoms with Crippen LogP contribution >= 0.6 is 11.6 Å². The van der Waals surface area contributed by atoms with Crippen LogP contribution in [-0.2, 0) is 10.3 Å². The molecule has 1 atom stereocenters. The summed E-state index contributed by atoms with van der Waals surface area (Å²) < 4.78 is 1.57. The summed E-state index contributed by atoms with van der Waals surface area (Å²) in [7, 11) is 0. The molecular formula is C13H17ClN2O2. The van der Waals surface area contributed by atoms with Gasteiger partial charge in [-0.3, -0.25) is 4.68 Å². The zero-order valence-corrected chi connectivity index (χ0v) is 11.0. The molecule has 1 unspecified atom stereocenters. The first kappa shape index (κ1) is 12.0. The summed E-state index contributed by atoms with van der Waals surface area (Å²) >= 11 is 5.88. The highest BCUT2D eigenvalue weighted by Crippen LogP contribution is 2.57. The smallest absolute Gasteiger partial charge is 0.331 e. The first-order valence-corrected chi connectivity index (χ1v) is 6.88.